The maximum absolute atomic E-state index is 14.2. The van der Waals surface area contributed by atoms with E-state index in [2.05, 4.69) is 6.58 Å². The van der Waals surface area contributed by atoms with Crippen molar-refractivity contribution in [2.24, 2.45) is 0 Å². The lowest BCUT2D eigenvalue weighted by Gasteiger charge is -2.34. The zero-order valence-corrected chi connectivity index (χ0v) is 17.1. The average Bonchev–Trinajstić information content (AvgIpc) is 2.71. The number of benzene rings is 2. The van der Waals surface area contributed by atoms with Crippen LogP contribution in [0, 0.1) is 11.6 Å². The molecule has 0 N–H and O–H groups in total. The number of ether oxygens (including phenoxy) is 1. The first-order valence-corrected chi connectivity index (χ1v) is 9.68. The van der Waals surface area contributed by atoms with Gasteiger partial charge < -0.3 is 9.64 Å². The maximum atomic E-state index is 14.2. The zero-order chi connectivity index (χ0) is 21.8. The van der Waals surface area contributed by atoms with Crippen LogP contribution in [0.5, 0.6) is 0 Å². The summed E-state index contributed by atoms with van der Waals surface area (Å²) in [4.78, 5) is 27.1. The van der Waals surface area contributed by atoms with Crippen LogP contribution in [0.4, 0.5) is 8.78 Å². The van der Waals surface area contributed by atoms with E-state index in [4.69, 9.17) is 16.3 Å². The summed E-state index contributed by atoms with van der Waals surface area (Å²) in [5, 5.41) is 0.533. The first kappa shape index (κ1) is 21.7. The van der Waals surface area contributed by atoms with Gasteiger partial charge in [0.25, 0.3) is 0 Å². The van der Waals surface area contributed by atoms with Gasteiger partial charge in [-0.2, -0.15) is 0 Å². The van der Waals surface area contributed by atoms with Gasteiger partial charge in [-0.3, -0.25) is 4.79 Å². The van der Waals surface area contributed by atoms with Gasteiger partial charge in [0.05, 0.1) is 12.1 Å². The Morgan fingerprint density at radius 3 is 2.60 bits per heavy atom. The first-order valence-electron chi connectivity index (χ1n) is 9.30. The van der Waals surface area contributed by atoms with Crippen LogP contribution in [0.1, 0.15) is 30.4 Å². The van der Waals surface area contributed by atoms with E-state index in [9.17, 15) is 18.4 Å². The maximum Gasteiger partial charge on any atom is 0.336 e. The second-order valence-corrected chi connectivity index (χ2v) is 7.35. The van der Waals surface area contributed by atoms with Gasteiger partial charge in [-0.1, -0.05) is 42.5 Å². The molecule has 1 aliphatic heterocycles. The Kier molecular flexibility index (Phi) is 6.67. The Balaban J connectivity index is 2.03. The molecule has 156 valence electrons. The lowest BCUT2D eigenvalue weighted by molar-refractivity contribution is -0.139. The molecule has 30 heavy (non-hydrogen) atoms. The topological polar surface area (TPSA) is 46.6 Å². The molecule has 1 aliphatic rings. The molecular formula is C23H20ClF2NO3. The van der Waals surface area contributed by atoms with Crippen molar-refractivity contribution in [3.8, 4) is 0 Å². The molecule has 1 heterocycles. The van der Waals surface area contributed by atoms with Crippen LogP contribution in [0.15, 0.2) is 66.4 Å². The highest BCUT2D eigenvalue weighted by molar-refractivity contribution is 6.30. The predicted octanol–water partition coefficient (Wildman–Crippen LogP) is 5.14. The van der Waals surface area contributed by atoms with E-state index in [1.54, 1.807) is 31.2 Å². The summed E-state index contributed by atoms with van der Waals surface area (Å²) in [6.07, 6.45) is 1.45. The number of amides is 1. The van der Waals surface area contributed by atoms with Crippen LogP contribution in [-0.2, 0) is 20.9 Å². The lowest BCUT2D eigenvalue weighted by Crippen LogP contribution is -2.38. The second kappa shape index (κ2) is 9.22. The summed E-state index contributed by atoms with van der Waals surface area (Å²) in [5.74, 6) is -2.85. The van der Waals surface area contributed by atoms with E-state index in [0.717, 1.165) is 17.7 Å². The molecule has 1 unspecified atom stereocenters. The molecule has 0 fully saturated rings. The number of carbonyl (C=O) groups excluding carboxylic acids is 2. The molecule has 0 spiro atoms. The highest BCUT2D eigenvalue weighted by atomic mass is 35.5. The SMILES string of the molecule is C=CCOC(=O)C1=C(C)N(Cc2ccc(F)cc2F)C(=O)CC1c1ccc(Cl)cc1. The number of halogens is 3. The zero-order valence-electron chi connectivity index (χ0n) is 16.3. The Morgan fingerprint density at radius 2 is 1.97 bits per heavy atom. The summed E-state index contributed by atoms with van der Waals surface area (Å²) in [6, 6.07) is 10.0. The van der Waals surface area contributed by atoms with Crippen molar-refractivity contribution in [3.05, 3.63) is 94.2 Å². The molecule has 2 aromatic rings. The Labute approximate surface area is 178 Å². The van der Waals surface area contributed by atoms with Gasteiger partial charge in [0.15, 0.2) is 0 Å². The van der Waals surface area contributed by atoms with E-state index < -0.39 is 23.5 Å². The smallest absolute Gasteiger partial charge is 0.336 e. The minimum atomic E-state index is -0.758. The molecule has 0 saturated heterocycles. The van der Waals surface area contributed by atoms with E-state index >= 15 is 0 Å². The summed E-state index contributed by atoms with van der Waals surface area (Å²) in [6.45, 7) is 5.05. The van der Waals surface area contributed by atoms with Crippen molar-refractivity contribution >= 4 is 23.5 Å². The van der Waals surface area contributed by atoms with Crippen molar-refractivity contribution < 1.29 is 23.1 Å². The van der Waals surface area contributed by atoms with Crippen molar-refractivity contribution in [3.63, 3.8) is 0 Å². The molecule has 0 bridgehead atoms. The molecule has 2 aromatic carbocycles. The highest BCUT2D eigenvalue weighted by Gasteiger charge is 2.37. The van der Waals surface area contributed by atoms with Crippen LogP contribution in [-0.4, -0.2) is 23.4 Å². The molecule has 0 saturated carbocycles. The van der Waals surface area contributed by atoms with E-state index in [-0.39, 0.29) is 31.0 Å². The molecular weight excluding hydrogens is 412 g/mol. The number of nitrogens with zero attached hydrogens (tertiary/aromatic N) is 1. The summed E-state index contributed by atoms with van der Waals surface area (Å²) >= 11 is 5.96. The molecule has 1 amide bonds. The molecule has 4 nitrogen and oxygen atoms in total. The number of hydrogen-bond donors (Lipinski definition) is 0. The predicted molar refractivity (Wildman–Crippen MR) is 110 cm³/mol. The Hall–Kier alpha value is -2.99. The number of allylic oxidation sites excluding steroid dienone is 1. The Bertz CT molecular complexity index is 1020. The van der Waals surface area contributed by atoms with E-state index in [1.807, 2.05) is 0 Å². The minimum absolute atomic E-state index is 0.000306. The van der Waals surface area contributed by atoms with Crippen molar-refractivity contribution in [2.75, 3.05) is 6.61 Å². The van der Waals surface area contributed by atoms with Crippen LogP contribution in [0.3, 0.4) is 0 Å². The van der Waals surface area contributed by atoms with Gasteiger partial charge >= 0.3 is 5.97 Å². The number of carbonyl (C=O) groups is 2. The molecule has 7 heteroatoms. The van der Waals surface area contributed by atoms with Crippen LogP contribution >= 0.6 is 11.6 Å². The third kappa shape index (κ3) is 4.60. The fraction of sp³-hybridized carbons (Fsp3) is 0.217. The monoisotopic (exact) mass is 431 g/mol. The fourth-order valence-corrected chi connectivity index (χ4v) is 3.61. The lowest BCUT2D eigenvalue weighted by atomic mass is 9.83. The Morgan fingerprint density at radius 1 is 1.27 bits per heavy atom. The standard InChI is InChI=1S/C23H20ClF2NO3/c1-3-10-30-23(29)22-14(2)27(13-16-6-9-18(25)11-20(16)26)21(28)12-19(22)15-4-7-17(24)8-5-15/h3-9,11,19H,1,10,12-13H2,2H3. The quantitative estimate of drug-likeness (QED) is 0.470. The summed E-state index contributed by atoms with van der Waals surface area (Å²) in [5.41, 5.74) is 1.56. The molecule has 0 aliphatic carbocycles. The number of rotatable bonds is 6. The molecule has 0 radical (unpaired) electrons. The summed E-state index contributed by atoms with van der Waals surface area (Å²) in [7, 11) is 0. The van der Waals surface area contributed by atoms with Crippen LogP contribution in [0.25, 0.3) is 0 Å². The third-order valence-electron chi connectivity index (χ3n) is 4.99. The van der Waals surface area contributed by atoms with Crippen molar-refractivity contribution in [2.45, 2.75) is 25.8 Å². The second-order valence-electron chi connectivity index (χ2n) is 6.91. The minimum Gasteiger partial charge on any atom is -0.458 e. The van der Waals surface area contributed by atoms with Gasteiger partial charge in [0, 0.05) is 34.7 Å². The normalized spacial score (nSPS) is 16.6. The third-order valence-corrected chi connectivity index (χ3v) is 5.24. The van der Waals surface area contributed by atoms with E-state index in [0.29, 0.717) is 16.3 Å². The molecule has 3 rings (SSSR count). The van der Waals surface area contributed by atoms with Crippen molar-refractivity contribution in [1.29, 1.82) is 0 Å². The van der Waals surface area contributed by atoms with Gasteiger partial charge in [-0.15, -0.1) is 0 Å². The largest absolute Gasteiger partial charge is 0.458 e. The fourth-order valence-electron chi connectivity index (χ4n) is 3.48. The van der Waals surface area contributed by atoms with Gasteiger partial charge in [0.2, 0.25) is 5.91 Å². The van der Waals surface area contributed by atoms with Gasteiger partial charge in [-0.05, 0) is 30.7 Å². The first-order chi connectivity index (χ1) is 14.3. The number of esters is 1. The van der Waals surface area contributed by atoms with Crippen molar-refractivity contribution in [1.82, 2.24) is 4.90 Å². The molecule has 0 aromatic heterocycles. The molecule has 1 atom stereocenters. The van der Waals surface area contributed by atoms with Gasteiger partial charge in [0.1, 0.15) is 18.2 Å². The van der Waals surface area contributed by atoms with Crippen LogP contribution in [0.2, 0.25) is 5.02 Å². The van der Waals surface area contributed by atoms with Gasteiger partial charge in [-0.25, -0.2) is 13.6 Å². The number of hydrogen-bond acceptors (Lipinski definition) is 3. The average molecular weight is 432 g/mol. The van der Waals surface area contributed by atoms with Crippen LogP contribution < -0.4 is 0 Å². The highest BCUT2D eigenvalue weighted by Crippen LogP contribution is 2.38. The summed E-state index contributed by atoms with van der Waals surface area (Å²) < 4.78 is 32.6. The van der Waals surface area contributed by atoms with E-state index in [1.165, 1.54) is 17.0 Å².